The Hall–Kier alpha value is 0.0348. The van der Waals surface area contributed by atoms with Gasteiger partial charge in [-0.15, -0.1) is 0 Å². The van der Waals surface area contributed by atoms with Gasteiger partial charge in [0.25, 0.3) is 0 Å². The first-order valence-electron chi connectivity index (χ1n) is 5.33. The van der Waals surface area contributed by atoms with E-state index in [1.807, 2.05) is 13.8 Å². The summed E-state index contributed by atoms with van der Waals surface area (Å²) >= 11 is 0. The quantitative estimate of drug-likeness (QED) is 0.558. The SMILES string of the molecule is CCOB(BB1OCCCO1)OCC. The van der Waals surface area contributed by atoms with Crippen LogP contribution in [-0.2, 0) is 18.6 Å². The van der Waals surface area contributed by atoms with Gasteiger partial charge >= 0.3 is 14.0 Å². The van der Waals surface area contributed by atoms with E-state index in [0.717, 1.165) is 19.6 Å². The van der Waals surface area contributed by atoms with Crippen molar-refractivity contribution in [1.29, 1.82) is 0 Å². The maximum atomic E-state index is 5.42. The van der Waals surface area contributed by atoms with E-state index < -0.39 is 0 Å². The third kappa shape index (κ3) is 4.51. The average Bonchev–Trinajstić information content (AvgIpc) is 2.20. The standard InChI is InChI=1S/C7H17B3O4/c1-3-11-9(12-4-2)8-10-13-6-5-7-14-10/h8H,3-7H2,1-2H3. The maximum Gasteiger partial charge on any atom is 0.400 e. The summed E-state index contributed by atoms with van der Waals surface area (Å²) in [4.78, 5) is 0. The van der Waals surface area contributed by atoms with Crippen molar-refractivity contribution in [3.63, 3.8) is 0 Å². The number of hydrogen-bond acceptors (Lipinski definition) is 4. The molecule has 78 valence electrons. The van der Waals surface area contributed by atoms with E-state index in [1.54, 1.807) is 0 Å². The predicted octanol–water partition coefficient (Wildman–Crippen LogP) is -0.0974. The van der Waals surface area contributed by atoms with Crippen molar-refractivity contribution in [1.82, 2.24) is 0 Å². The fourth-order valence-corrected chi connectivity index (χ4v) is 1.39. The fourth-order valence-electron chi connectivity index (χ4n) is 1.39. The van der Waals surface area contributed by atoms with Crippen molar-refractivity contribution in [2.75, 3.05) is 26.4 Å². The highest BCUT2D eigenvalue weighted by atomic mass is 16.6. The Balaban J connectivity index is 2.21. The molecule has 0 aromatic rings. The highest BCUT2D eigenvalue weighted by Crippen LogP contribution is 2.01. The van der Waals surface area contributed by atoms with Crippen LogP contribution >= 0.6 is 0 Å². The zero-order valence-electron chi connectivity index (χ0n) is 9.03. The van der Waals surface area contributed by atoms with E-state index in [4.69, 9.17) is 18.6 Å². The summed E-state index contributed by atoms with van der Waals surface area (Å²) < 4.78 is 21.6. The summed E-state index contributed by atoms with van der Waals surface area (Å²) in [5.74, 6) is 0. The molecular weight excluding hydrogens is 181 g/mol. The van der Waals surface area contributed by atoms with Gasteiger partial charge in [0.2, 0.25) is 7.06 Å². The van der Waals surface area contributed by atoms with Crippen molar-refractivity contribution in [3.05, 3.63) is 0 Å². The summed E-state index contributed by atoms with van der Waals surface area (Å²) in [6.45, 7) is 6.75. The van der Waals surface area contributed by atoms with E-state index in [-0.39, 0.29) is 14.0 Å². The van der Waals surface area contributed by atoms with Crippen molar-refractivity contribution in [3.8, 4) is 0 Å². The Labute approximate surface area is 87.1 Å². The van der Waals surface area contributed by atoms with Gasteiger partial charge in [-0.2, -0.15) is 0 Å². The molecule has 4 nitrogen and oxygen atoms in total. The van der Waals surface area contributed by atoms with Crippen molar-refractivity contribution in [2.24, 2.45) is 0 Å². The van der Waals surface area contributed by atoms with Crippen LogP contribution in [0.1, 0.15) is 20.3 Å². The highest BCUT2D eigenvalue weighted by molar-refractivity contribution is 7.35. The maximum absolute atomic E-state index is 5.42. The van der Waals surface area contributed by atoms with Crippen LogP contribution in [0.4, 0.5) is 0 Å². The van der Waals surface area contributed by atoms with Gasteiger partial charge < -0.3 is 18.6 Å². The summed E-state index contributed by atoms with van der Waals surface area (Å²) in [5.41, 5.74) is 0. The summed E-state index contributed by atoms with van der Waals surface area (Å²) in [7, 11) is 0.293. The van der Waals surface area contributed by atoms with Crippen molar-refractivity contribution >= 4 is 21.1 Å². The molecule has 1 saturated heterocycles. The second-order valence-electron chi connectivity index (χ2n) is 3.10. The zero-order chi connectivity index (χ0) is 10.2. The first kappa shape index (κ1) is 12.1. The molecule has 7 heteroatoms. The van der Waals surface area contributed by atoms with E-state index in [0.29, 0.717) is 20.3 Å². The van der Waals surface area contributed by atoms with E-state index in [9.17, 15) is 0 Å². The lowest BCUT2D eigenvalue weighted by Gasteiger charge is -2.21. The molecule has 1 aliphatic heterocycles. The smallest absolute Gasteiger partial charge is 0.400 e. The molecule has 0 saturated carbocycles. The molecular formula is C7H17B3O4. The Morgan fingerprint density at radius 1 is 1.21 bits per heavy atom. The lowest BCUT2D eigenvalue weighted by Crippen LogP contribution is -2.46. The van der Waals surface area contributed by atoms with Crippen LogP contribution in [0.15, 0.2) is 0 Å². The topological polar surface area (TPSA) is 36.9 Å². The van der Waals surface area contributed by atoms with Gasteiger partial charge in [0.15, 0.2) is 0 Å². The van der Waals surface area contributed by atoms with E-state index >= 15 is 0 Å². The minimum absolute atomic E-state index is 0.160. The minimum atomic E-state index is -0.201. The Kier molecular flexibility index (Phi) is 6.35. The second-order valence-corrected chi connectivity index (χ2v) is 3.10. The van der Waals surface area contributed by atoms with Crippen LogP contribution in [0.25, 0.3) is 0 Å². The van der Waals surface area contributed by atoms with Crippen LogP contribution in [0.2, 0.25) is 0 Å². The van der Waals surface area contributed by atoms with Gasteiger partial charge in [-0.25, -0.2) is 0 Å². The minimum Gasteiger partial charge on any atom is -0.418 e. The van der Waals surface area contributed by atoms with Gasteiger partial charge in [0, 0.05) is 26.4 Å². The second kappa shape index (κ2) is 7.34. The first-order valence-corrected chi connectivity index (χ1v) is 5.33. The molecule has 14 heavy (non-hydrogen) atoms. The molecule has 1 heterocycles. The molecule has 0 bridgehead atoms. The fraction of sp³-hybridized carbons (Fsp3) is 1.00. The summed E-state index contributed by atoms with van der Waals surface area (Å²) in [5, 5.41) is 0. The molecule has 0 spiro atoms. The van der Waals surface area contributed by atoms with Gasteiger partial charge in [-0.3, -0.25) is 0 Å². The molecule has 1 fully saturated rings. The Morgan fingerprint density at radius 2 is 1.79 bits per heavy atom. The third-order valence-electron chi connectivity index (χ3n) is 1.99. The van der Waals surface area contributed by atoms with Gasteiger partial charge in [-0.05, 0) is 20.3 Å². The number of rotatable bonds is 6. The van der Waals surface area contributed by atoms with Crippen LogP contribution in [0.3, 0.4) is 0 Å². The molecule has 0 aromatic carbocycles. The number of hydrogen-bond donors (Lipinski definition) is 0. The first-order chi connectivity index (χ1) is 6.86. The Bertz CT molecular complexity index is 137. The molecule has 0 unspecified atom stereocenters. The van der Waals surface area contributed by atoms with Crippen LogP contribution in [0.5, 0.6) is 0 Å². The Morgan fingerprint density at radius 3 is 2.29 bits per heavy atom. The molecule has 1 rings (SSSR count). The summed E-state index contributed by atoms with van der Waals surface area (Å²) in [6.07, 6.45) is 0.977. The lowest BCUT2D eigenvalue weighted by molar-refractivity contribution is 0.147. The monoisotopic (exact) mass is 198 g/mol. The predicted molar refractivity (Wildman–Crippen MR) is 58.4 cm³/mol. The molecule has 0 amide bonds. The average molecular weight is 198 g/mol. The zero-order valence-corrected chi connectivity index (χ0v) is 9.03. The molecule has 0 radical (unpaired) electrons. The van der Waals surface area contributed by atoms with Crippen LogP contribution < -0.4 is 0 Å². The van der Waals surface area contributed by atoms with E-state index in [1.165, 1.54) is 0 Å². The van der Waals surface area contributed by atoms with Crippen molar-refractivity contribution in [2.45, 2.75) is 20.3 Å². The largest absolute Gasteiger partial charge is 0.418 e. The molecule has 0 N–H and O–H groups in total. The molecule has 0 aromatic heterocycles. The lowest BCUT2D eigenvalue weighted by atomic mass is 9.23. The van der Waals surface area contributed by atoms with Crippen molar-refractivity contribution < 1.29 is 18.6 Å². The molecule has 1 aliphatic rings. The molecule has 0 aliphatic carbocycles. The summed E-state index contributed by atoms with van der Waals surface area (Å²) in [6, 6.07) is 0. The normalized spacial score (nSPS) is 16.9. The molecule has 0 atom stereocenters. The van der Waals surface area contributed by atoms with Gasteiger partial charge in [0.05, 0.1) is 0 Å². The van der Waals surface area contributed by atoms with Crippen LogP contribution in [0, 0.1) is 0 Å². The van der Waals surface area contributed by atoms with Crippen LogP contribution in [-0.4, -0.2) is 47.5 Å². The highest BCUT2D eigenvalue weighted by Gasteiger charge is 2.32. The third-order valence-corrected chi connectivity index (χ3v) is 1.99. The van der Waals surface area contributed by atoms with Gasteiger partial charge in [-0.1, -0.05) is 0 Å². The van der Waals surface area contributed by atoms with E-state index in [2.05, 4.69) is 0 Å². The van der Waals surface area contributed by atoms with Gasteiger partial charge in [0.1, 0.15) is 0 Å².